The topological polar surface area (TPSA) is 53.9 Å². The van der Waals surface area contributed by atoms with Crippen LogP contribution in [-0.4, -0.2) is 27.8 Å². The van der Waals surface area contributed by atoms with Gasteiger partial charge in [-0.25, -0.2) is 9.37 Å². The summed E-state index contributed by atoms with van der Waals surface area (Å²) in [6.07, 6.45) is 8.01. The van der Waals surface area contributed by atoms with Crippen LogP contribution >= 0.6 is 0 Å². The number of aromatic amines is 1. The molecule has 21 heavy (non-hydrogen) atoms. The molecule has 3 rings (SSSR count). The van der Waals surface area contributed by atoms with Crippen molar-refractivity contribution in [2.45, 2.75) is 0 Å². The molecule has 0 aliphatic carbocycles. The van der Waals surface area contributed by atoms with Crippen molar-refractivity contribution in [3.63, 3.8) is 0 Å². The second kappa shape index (κ2) is 5.66. The summed E-state index contributed by atoms with van der Waals surface area (Å²) in [5.41, 5.74) is 2.73. The first-order valence-corrected chi connectivity index (χ1v) is 6.45. The zero-order valence-electron chi connectivity index (χ0n) is 11.3. The summed E-state index contributed by atoms with van der Waals surface area (Å²) in [5, 5.41) is 1.98. The molecule has 3 heterocycles. The summed E-state index contributed by atoms with van der Waals surface area (Å²) in [5.74, 6) is 0. The van der Waals surface area contributed by atoms with Crippen LogP contribution in [0.25, 0.3) is 27.5 Å². The number of alkyl halides is 1. The van der Waals surface area contributed by atoms with Crippen molar-refractivity contribution in [3.05, 3.63) is 55.1 Å². The monoisotopic (exact) mass is 280 g/mol. The molecular formula is C16H13FN4. The van der Waals surface area contributed by atoms with Crippen LogP contribution in [0, 0.1) is 0 Å². The zero-order chi connectivity index (χ0) is 14.7. The van der Waals surface area contributed by atoms with Crippen molar-refractivity contribution in [1.82, 2.24) is 15.0 Å². The molecule has 0 amide bonds. The Kier molecular flexibility index (Phi) is 3.55. The lowest BCUT2D eigenvalue weighted by atomic mass is 10.1. The van der Waals surface area contributed by atoms with E-state index in [1.54, 1.807) is 24.5 Å². The van der Waals surface area contributed by atoms with Gasteiger partial charge in [0.05, 0.1) is 11.2 Å². The van der Waals surface area contributed by atoms with Gasteiger partial charge in [0.2, 0.25) is 0 Å². The molecule has 3 aromatic rings. The number of aliphatic imine (C=N–C) groups is 1. The lowest BCUT2D eigenvalue weighted by Crippen LogP contribution is -1.92. The molecule has 0 aliphatic rings. The van der Waals surface area contributed by atoms with E-state index in [4.69, 9.17) is 0 Å². The van der Waals surface area contributed by atoms with Crippen LogP contribution in [0.1, 0.15) is 5.69 Å². The summed E-state index contributed by atoms with van der Waals surface area (Å²) < 4.78 is 13.2. The highest BCUT2D eigenvalue weighted by Gasteiger charge is 2.08. The highest BCUT2D eigenvalue weighted by atomic mass is 19.1. The second-order valence-electron chi connectivity index (χ2n) is 4.45. The molecule has 5 heteroatoms. The number of nitrogens with one attached hydrogen (secondary N) is 1. The number of hydrogen-bond acceptors (Lipinski definition) is 3. The molecule has 0 saturated carbocycles. The predicted octanol–water partition coefficient (Wildman–Crippen LogP) is 3.68. The van der Waals surface area contributed by atoms with Gasteiger partial charge >= 0.3 is 0 Å². The molecule has 0 saturated heterocycles. The van der Waals surface area contributed by atoms with Crippen LogP contribution in [0.5, 0.6) is 0 Å². The number of fused-ring (bicyclic) bond motifs is 3. The van der Waals surface area contributed by atoms with E-state index in [1.807, 2.05) is 12.1 Å². The Morgan fingerprint density at radius 1 is 1.33 bits per heavy atom. The van der Waals surface area contributed by atoms with Crippen LogP contribution in [0.15, 0.2) is 54.4 Å². The molecule has 0 atom stereocenters. The Balaban J connectivity index is 2.12. The molecule has 4 nitrogen and oxygen atoms in total. The van der Waals surface area contributed by atoms with Gasteiger partial charge in [-0.05, 0) is 24.3 Å². The lowest BCUT2D eigenvalue weighted by molar-refractivity contribution is 0.570. The quantitative estimate of drug-likeness (QED) is 0.741. The summed E-state index contributed by atoms with van der Waals surface area (Å²) in [7, 11) is 0. The number of nitrogens with zero attached hydrogens (tertiary/aromatic N) is 3. The minimum absolute atomic E-state index is 0.472. The lowest BCUT2D eigenvalue weighted by Gasteiger charge is -2.01. The number of halogens is 1. The van der Waals surface area contributed by atoms with E-state index in [0.717, 1.165) is 21.9 Å². The van der Waals surface area contributed by atoms with Crippen LogP contribution in [0.4, 0.5) is 4.39 Å². The molecular weight excluding hydrogens is 267 g/mol. The minimum atomic E-state index is -0.608. The Labute approximate surface area is 120 Å². The van der Waals surface area contributed by atoms with E-state index in [1.165, 1.54) is 12.4 Å². The summed E-state index contributed by atoms with van der Waals surface area (Å²) in [6.45, 7) is 2.87. The smallest absolute Gasteiger partial charge is 0.139 e. The predicted molar refractivity (Wildman–Crippen MR) is 84.0 cm³/mol. The first-order valence-electron chi connectivity index (χ1n) is 6.45. The third-order valence-corrected chi connectivity index (χ3v) is 3.20. The number of pyridine rings is 2. The van der Waals surface area contributed by atoms with E-state index in [-0.39, 0.29) is 0 Å². The molecule has 3 aromatic heterocycles. The molecule has 0 bridgehead atoms. The van der Waals surface area contributed by atoms with Crippen LogP contribution < -0.4 is 0 Å². The van der Waals surface area contributed by atoms with E-state index < -0.39 is 6.67 Å². The van der Waals surface area contributed by atoms with Crippen molar-refractivity contribution in [1.29, 1.82) is 0 Å². The highest BCUT2D eigenvalue weighted by molar-refractivity contribution is 6.05. The summed E-state index contributed by atoms with van der Waals surface area (Å²) in [6, 6.07) is 5.61. The molecule has 0 fully saturated rings. The fraction of sp³-hybridized carbons (Fsp3) is 0.0625. The number of aromatic nitrogens is 3. The van der Waals surface area contributed by atoms with Crippen LogP contribution in [-0.2, 0) is 0 Å². The van der Waals surface area contributed by atoms with E-state index in [9.17, 15) is 4.39 Å². The molecule has 0 spiro atoms. The van der Waals surface area contributed by atoms with Gasteiger partial charge in [-0.2, -0.15) is 0 Å². The van der Waals surface area contributed by atoms with Gasteiger partial charge in [0.15, 0.2) is 0 Å². The van der Waals surface area contributed by atoms with Crippen molar-refractivity contribution in [3.8, 4) is 0 Å². The third kappa shape index (κ3) is 2.45. The van der Waals surface area contributed by atoms with Crippen molar-refractivity contribution >= 4 is 33.7 Å². The van der Waals surface area contributed by atoms with E-state index in [0.29, 0.717) is 11.3 Å². The van der Waals surface area contributed by atoms with Gasteiger partial charge in [0, 0.05) is 41.2 Å². The first kappa shape index (κ1) is 13.2. The number of rotatable bonds is 4. The molecule has 0 aliphatic heterocycles. The maximum Gasteiger partial charge on any atom is 0.139 e. The van der Waals surface area contributed by atoms with Gasteiger partial charge in [-0.1, -0.05) is 6.58 Å². The zero-order valence-corrected chi connectivity index (χ0v) is 11.3. The number of hydrogen-bond donors (Lipinski definition) is 1. The Hall–Kier alpha value is -2.82. The summed E-state index contributed by atoms with van der Waals surface area (Å²) in [4.78, 5) is 15.6. The fourth-order valence-electron chi connectivity index (χ4n) is 2.19. The van der Waals surface area contributed by atoms with Gasteiger partial charge in [0.1, 0.15) is 12.3 Å². The van der Waals surface area contributed by atoms with Gasteiger partial charge < -0.3 is 4.98 Å². The summed E-state index contributed by atoms with van der Waals surface area (Å²) >= 11 is 0. The molecule has 104 valence electrons. The Morgan fingerprint density at radius 2 is 2.24 bits per heavy atom. The third-order valence-electron chi connectivity index (χ3n) is 3.20. The normalized spacial score (nSPS) is 12.5. The molecule has 0 unspecified atom stereocenters. The molecule has 1 N–H and O–H groups in total. The average Bonchev–Trinajstić information content (AvgIpc) is 2.89. The Morgan fingerprint density at radius 3 is 3.05 bits per heavy atom. The maximum atomic E-state index is 13.2. The van der Waals surface area contributed by atoms with Crippen molar-refractivity contribution < 1.29 is 4.39 Å². The van der Waals surface area contributed by atoms with Crippen molar-refractivity contribution in [2.75, 3.05) is 6.67 Å². The largest absolute Gasteiger partial charge is 0.339 e. The van der Waals surface area contributed by atoms with Crippen LogP contribution in [0.2, 0.25) is 0 Å². The number of allylic oxidation sites excluding steroid dienone is 2. The van der Waals surface area contributed by atoms with Crippen molar-refractivity contribution in [2.24, 2.45) is 4.99 Å². The standard InChI is InChI=1S/C16H13FN4/c1-2-18-7-5-11(9-17)14-4-3-12-13-10-19-8-6-15(13)21-16(12)20-14/h2-8,10H,1,9H2,(H,20,21)/b11-5+,18-7-. The minimum Gasteiger partial charge on any atom is -0.339 e. The fourth-order valence-corrected chi connectivity index (χ4v) is 2.19. The van der Waals surface area contributed by atoms with E-state index >= 15 is 0 Å². The molecule has 0 aromatic carbocycles. The average molecular weight is 280 g/mol. The second-order valence-corrected chi connectivity index (χ2v) is 4.45. The van der Waals surface area contributed by atoms with E-state index in [2.05, 4.69) is 26.5 Å². The van der Waals surface area contributed by atoms with Gasteiger partial charge in [0.25, 0.3) is 0 Å². The maximum absolute atomic E-state index is 13.2. The Bertz CT molecular complexity index is 861. The van der Waals surface area contributed by atoms with Gasteiger partial charge in [-0.3, -0.25) is 9.98 Å². The number of H-pyrrole nitrogens is 1. The first-order chi connectivity index (χ1) is 10.3. The van der Waals surface area contributed by atoms with Crippen LogP contribution in [0.3, 0.4) is 0 Å². The SMILES string of the molecule is C=C/N=C\C=C(/CF)c1ccc2c(n1)[nH]c1ccncc12. The highest BCUT2D eigenvalue weighted by Crippen LogP contribution is 2.25. The van der Waals surface area contributed by atoms with Gasteiger partial charge in [-0.15, -0.1) is 0 Å². The molecule has 0 radical (unpaired) electrons.